The summed E-state index contributed by atoms with van der Waals surface area (Å²) in [5, 5.41) is 3.21. The third kappa shape index (κ3) is 5.22. The smallest absolute Gasteiger partial charge is 0.294 e. The molecule has 0 bridgehead atoms. The first-order valence-electron chi connectivity index (χ1n) is 12.6. The van der Waals surface area contributed by atoms with Crippen LogP contribution in [0.2, 0.25) is 0 Å². The van der Waals surface area contributed by atoms with Gasteiger partial charge in [0.05, 0.1) is 0 Å². The molecule has 0 saturated carbocycles. The van der Waals surface area contributed by atoms with Gasteiger partial charge in [0.1, 0.15) is 5.52 Å². The highest BCUT2D eigenvalue weighted by molar-refractivity contribution is 5.79. The van der Waals surface area contributed by atoms with Gasteiger partial charge in [0, 0.05) is 51.9 Å². The summed E-state index contributed by atoms with van der Waals surface area (Å²) in [6.45, 7) is 7.24. The lowest BCUT2D eigenvalue weighted by Crippen LogP contribution is -2.44. The molecule has 0 spiro atoms. The van der Waals surface area contributed by atoms with Crippen LogP contribution in [0.4, 0.5) is 5.82 Å². The first-order chi connectivity index (χ1) is 17.0. The number of anilines is 1. The summed E-state index contributed by atoms with van der Waals surface area (Å²) in [5.41, 5.74) is 3.78. The first kappa shape index (κ1) is 23.5. The molecule has 0 aliphatic carbocycles. The molecule has 0 radical (unpaired) electrons. The molecule has 1 amide bonds. The second-order valence-electron chi connectivity index (χ2n) is 10.0. The maximum absolute atomic E-state index is 12.9. The highest BCUT2D eigenvalue weighted by atomic mass is 16.2. The maximum atomic E-state index is 12.9. The largest absolute Gasteiger partial charge is 0.356 e. The fourth-order valence-electron chi connectivity index (χ4n) is 5.27. The predicted molar refractivity (Wildman–Crippen MR) is 137 cm³/mol. The van der Waals surface area contributed by atoms with Crippen molar-refractivity contribution >= 4 is 22.9 Å². The second kappa shape index (κ2) is 10.2. The third-order valence-electron chi connectivity index (χ3n) is 7.43. The number of aryl methyl sites for hydroxylation is 2. The van der Waals surface area contributed by atoms with Gasteiger partial charge in [-0.15, -0.1) is 0 Å². The van der Waals surface area contributed by atoms with Crippen molar-refractivity contribution in [1.82, 2.24) is 24.8 Å². The number of hydrogen-bond donors (Lipinski definition) is 1. The van der Waals surface area contributed by atoms with Crippen LogP contribution in [0.25, 0.3) is 11.2 Å². The molecular weight excluding hydrogens is 440 g/mol. The van der Waals surface area contributed by atoms with Gasteiger partial charge in [-0.3, -0.25) is 19.1 Å². The standard InChI is InChI=1S/C27H34N6O2/c1-19-5-7-20(8-6-19)17-32-13-9-21(18-32)16-29-26(34)22-10-14-33(15-11-22)25-27(35)31(2)24-23(30-25)4-3-12-28-24/h3-8,12,21-22H,9-11,13-18H2,1-2H3,(H,29,34). The summed E-state index contributed by atoms with van der Waals surface area (Å²) in [6.07, 6.45) is 4.24. The zero-order chi connectivity index (χ0) is 24.4. The zero-order valence-corrected chi connectivity index (χ0v) is 20.6. The fraction of sp³-hybridized carbons (Fsp3) is 0.481. The van der Waals surface area contributed by atoms with E-state index < -0.39 is 0 Å². The van der Waals surface area contributed by atoms with Crippen molar-refractivity contribution in [2.24, 2.45) is 18.9 Å². The lowest BCUT2D eigenvalue weighted by molar-refractivity contribution is -0.125. The summed E-state index contributed by atoms with van der Waals surface area (Å²) in [5.74, 6) is 1.09. The number of piperidine rings is 1. The van der Waals surface area contributed by atoms with Gasteiger partial charge in [0.25, 0.3) is 5.56 Å². The quantitative estimate of drug-likeness (QED) is 0.591. The molecular formula is C27H34N6O2. The molecule has 2 aromatic heterocycles. The molecule has 1 aromatic carbocycles. The predicted octanol–water partition coefficient (Wildman–Crippen LogP) is 2.49. The number of hydrogen-bond acceptors (Lipinski definition) is 6. The topological polar surface area (TPSA) is 83.4 Å². The molecule has 3 aromatic rings. The number of aromatic nitrogens is 3. The van der Waals surface area contributed by atoms with Gasteiger partial charge in [-0.1, -0.05) is 29.8 Å². The van der Waals surface area contributed by atoms with E-state index in [1.165, 1.54) is 11.1 Å². The number of carbonyl (C=O) groups is 1. The molecule has 8 heteroatoms. The van der Waals surface area contributed by atoms with Gasteiger partial charge in [0.2, 0.25) is 5.91 Å². The van der Waals surface area contributed by atoms with E-state index in [0.29, 0.717) is 36.0 Å². The van der Waals surface area contributed by atoms with Gasteiger partial charge in [-0.25, -0.2) is 9.97 Å². The number of carbonyl (C=O) groups excluding carboxylic acids is 1. The average Bonchev–Trinajstić information content (AvgIpc) is 3.33. The van der Waals surface area contributed by atoms with Gasteiger partial charge in [-0.05, 0) is 56.3 Å². The molecule has 8 nitrogen and oxygen atoms in total. The Hall–Kier alpha value is -3.26. The minimum absolute atomic E-state index is 0.0118. The van der Waals surface area contributed by atoms with Crippen molar-refractivity contribution in [3.8, 4) is 0 Å². The SMILES string of the molecule is Cc1ccc(CN2CCC(CNC(=O)C3CCN(c4nc5cccnc5n(C)c4=O)CC3)C2)cc1. The van der Waals surface area contributed by atoms with Crippen molar-refractivity contribution in [2.75, 3.05) is 37.6 Å². The summed E-state index contributed by atoms with van der Waals surface area (Å²) < 4.78 is 1.56. The van der Waals surface area contributed by atoms with Crippen LogP contribution < -0.4 is 15.8 Å². The number of rotatable bonds is 6. The van der Waals surface area contributed by atoms with Crippen LogP contribution in [0.1, 0.15) is 30.4 Å². The molecule has 2 fully saturated rings. The second-order valence-corrected chi connectivity index (χ2v) is 10.0. The van der Waals surface area contributed by atoms with E-state index in [4.69, 9.17) is 0 Å². The van der Waals surface area contributed by atoms with Gasteiger partial charge >= 0.3 is 0 Å². The molecule has 1 atom stereocenters. The molecule has 2 aliphatic rings. The van der Waals surface area contributed by atoms with Crippen molar-refractivity contribution in [3.63, 3.8) is 0 Å². The highest BCUT2D eigenvalue weighted by Crippen LogP contribution is 2.22. The van der Waals surface area contributed by atoms with Gasteiger partial charge < -0.3 is 10.2 Å². The fourth-order valence-corrected chi connectivity index (χ4v) is 5.27. The minimum atomic E-state index is -0.143. The Bertz CT molecular complexity index is 1250. The Labute approximate surface area is 206 Å². The van der Waals surface area contributed by atoms with Crippen LogP contribution in [-0.2, 0) is 18.4 Å². The molecule has 4 heterocycles. The summed E-state index contributed by atoms with van der Waals surface area (Å²) in [4.78, 5) is 39.1. The van der Waals surface area contributed by atoms with Crippen LogP contribution >= 0.6 is 0 Å². The van der Waals surface area contributed by atoms with E-state index in [2.05, 4.69) is 51.4 Å². The van der Waals surface area contributed by atoms with Crippen molar-refractivity contribution in [3.05, 3.63) is 64.1 Å². The molecule has 2 aliphatic heterocycles. The number of pyridine rings is 1. The van der Waals surface area contributed by atoms with Crippen LogP contribution in [-0.4, -0.2) is 58.1 Å². The Kier molecular flexibility index (Phi) is 6.81. The van der Waals surface area contributed by atoms with E-state index in [1.807, 2.05) is 17.0 Å². The molecule has 1 N–H and O–H groups in total. The Morgan fingerprint density at radius 2 is 1.86 bits per heavy atom. The highest BCUT2D eigenvalue weighted by Gasteiger charge is 2.29. The molecule has 1 unspecified atom stereocenters. The molecule has 5 rings (SSSR count). The molecule has 184 valence electrons. The number of benzene rings is 1. The van der Waals surface area contributed by atoms with Crippen molar-refractivity contribution in [2.45, 2.75) is 32.7 Å². The number of likely N-dealkylation sites (tertiary alicyclic amines) is 1. The Morgan fingerprint density at radius 3 is 2.63 bits per heavy atom. The third-order valence-corrected chi connectivity index (χ3v) is 7.43. The van der Waals surface area contributed by atoms with E-state index >= 15 is 0 Å². The number of nitrogens with zero attached hydrogens (tertiary/aromatic N) is 5. The normalized spacial score (nSPS) is 19.4. The maximum Gasteiger partial charge on any atom is 0.294 e. The van der Waals surface area contributed by atoms with E-state index in [0.717, 1.165) is 45.4 Å². The van der Waals surface area contributed by atoms with Gasteiger partial charge in [-0.2, -0.15) is 0 Å². The molecule has 2 saturated heterocycles. The Balaban J connectivity index is 1.10. The summed E-state index contributed by atoms with van der Waals surface area (Å²) >= 11 is 0. The van der Waals surface area contributed by atoms with Crippen LogP contribution in [0.15, 0.2) is 47.4 Å². The van der Waals surface area contributed by atoms with E-state index in [1.54, 1.807) is 17.8 Å². The minimum Gasteiger partial charge on any atom is -0.356 e. The van der Waals surface area contributed by atoms with Gasteiger partial charge in [0.15, 0.2) is 11.5 Å². The molecule has 35 heavy (non-hydrogen) atoms. The van der Waals surface area contributed by atoms with Crippen LogP contribution in [0.5, 0.6) is 0 Å². The number of nitrogens with one attached hydrogen (secondary N) is 1. The number of amides is 1. The summed E-state index contributed by atoms with van der Waals surface area (Å²) in [7, 11) is 1.73. The number of fused-ring (bicyclic) bond motifs is 1. The Morgan fingerprint density at radius 1 is 1.09 bits per heavy atom. The lowest BCUT2D eigenvalue weighted by Gasteiger charge is -2.32. The van der Waals surface area contributed by atoms with Crippen LogP contribution in [0.3, 0.4) is 0 Å². The zero-order valence-electron chi connectivity index (χ0n) is 20.6. The van der Waals surface area contributed by atoms with E-state index in [9.17, 15) is 9.59 Å². The van der Waals surface area contributed by atoms with Crippen LogP contribution in [0, 0.1) is 18.8 Å². The summed E-state index contributed by atoms with van der Waals surface area (Å²) in [6, 6.07) is 12.4. The monoisotopic (exact) mass is 474 g/mol. The van der Waals surface area contributed by atoms with Crippen molar-refractivity contribution < 1.29 is 4.79 Å². The first-order valence-corrected chi connectivity index (χ1v) is 12.6. The van der Waals surface area contributed by atoms with Crippen molar-refractivity contribution in [1.29, 1.82) is 0 Å². The van der Waals surface area contributed by atoms with E-state index in [-0.39, 0.29) is 17.4 Å². The average molecular weight is 475 g/mol. The lowest BCUT2D eigenvalue weighted by atomic mass is 9.95.